The summed E-state index contributed by atoms with van der Waals surface area (Å²) < 4.78 is 1.04. The molecule has 0 spiro atoms. The van der Waals surface area contributed by atoms with Crippen LogP contribution in [0.4, 0.5) is 5.82 Å². The van der Waals surface area contributed by atoms with E-state index in [0.717, 1.165) is 29.7 Å². The van der Waals surface area contributed by atoms with E-state index in [2.05, 4.69) is 47.0 Å². The fourth-order valence-corrected chi connectivity index (χ4v) is 2.17. The number of nitrogens with zero attached hydrogens (tertiary/aromatic N) is 1. The van der Waals surface area contributed by atoms with Crippen molar-refractivity contribution in [2.45, 2.75) is 33.6 Å². The number of hydrogen-bond acceptors (Lipinski definition) is 3. The maximum atomic E-state index is 5.89. The van der Waals surface area contributed by atoms with Gasteiger partial charge >= 0.3 is 0 Å². The molecular weight excluding hydrogens is 278 g/mol. The molecule has 1 aromatic rings. The Balaban J connectivity index is 2.75. The number of aromatic nitrogens is 1. The summed E-state index contributed by atoms with van der Waals surface area (Å²) in [5, 5.41) is 3.41. The standard InChI is InChI=1S/C13H22BrN3/c1-4-13(5-2,8-15)9-17-12-11(14)10(3)6-7-16-12/h6-7H,4-5,8-9,15H2,1-3H3,(H,16,17). The average Bonchev–Trinajstić information content (AvgIpc) is 2.36. The van der Waals surface area contributed by atoms with Crippen molar-refractivity contribution >= 4 is 21.7 Å². The van der Waals surface area contributed by atoms with Crippen LogP contribution in [0.15, 0.2) is 16.7 Å². The number of nitrogens with two attached hydrogens (primary N) is 1. The van der Waals surface area contributed by atoms with Gasteiger partial charge in [0.2, 0.25) is 0 Å². The van der Waals surface area contributed by atoms with E-state index in [9.17, 15) is 0 Å². The van der Waals surface area contributed by atoms with Gasteiger partial charge in [0.25, 0.3) is 0 Å². The van der Waals surface area contributed by atoms with Gasteiger partial charge in [-0.25, -0.2) is 4.98 Å². The minimum absolute atomic E-state index is 0.171. The van der Waals surface area contributed by atoms with Crippen LogP contribution in [0.1, 0.15) is 32.3 Å². The molecule has 0 aliphatic rings. The Bertz CT molecular complexity index is 353. The summed E-state index contributed by atoms with van der Waals surface area (Å²) in [4.78, 5) is 4.35. The third-order valence-corrected chi connectivity index (χ3v) is 4.65. The Hall–Kier alpha value is -0.610. The predicted molar refractivity (Wildman–Crippen MR) is 77.2 cm³/mol. The lowest BCUT2D eigenvalue weighted by molar-refractivity contribution is 0.294. The molecule has 0 saturated carbocycles. The molecule has 0 fully saturated rings. The molecule has 3 nitrogen and oxygen atoms in total. The van der Waals surface area contributed by atoms with Crippen molar-refractivity contribution in [1.82, 2.24) is 4.98 Å². The fraction of sp³-hybridized carbons (Fsp3) is 0.615. The highest BCUT2D eigenvalue weighted by molar-refractivity contribution is 9.10. The Morgan fingerprint density at radius 2 is 2.06 bits per heavy atom. The number of hydrogen-bond donors (Lipinski definition) is 2. The molecule has 0 aromatic carbocycles. The van der Waals surface area contributed by atoms with Gasteiger partial charge in [-0.3, -0.25) is 0 Å². The minimum Gasteiger partial charge on any atom is -0.369 e. The SMILES string of the molecule is CCC(CC)(CN)CNc1nccc(C)c1Br. The van der Waals surface area contributed by atoms with Gasteiger partial charge in [0.15, 0.2) is 0 Å². The van der Waals surface area contributed by atoms with Gasteiger partial charge in [-0.1, -0.05) is 13.8 Å². The van der Waals surface area contributed by atoms with E-state index < -0.39 is 0 Å². The molecule has 0 bridgehead atoms. The van der Waals surface area contributed by atoms with Gasteiger partial charge in [0.1, 0.15) is 5.82 Å². The van der Waals surface area contributed by atoms with Crippen LogP contribution < -0.4 is 11.1 Å². The van der Waals surface area contributed by atoms with Crippen LogP contribution in [0, 0.1) is 12.3 Å². The molecule has 1 heterocycles. The highest BCUT2D eigenvalue weighted by Crippen LogP contribution is 2.28. The molecule has 1 aromatic heterocycles. The van der Waals surface area contributed by atoms with Crippen molar-refractivity contribution in [3.8, 4) is 0 Å². The van der Waals surface area contributed by atoms with Crippen LogP contribution in [0.2, 0.25) is 0 Å². The van der Waals surface area contributed by atoms with E-state index >= 15 is 0 Å². The predicted octanol–water partition coefficient (Wildman–Crippen LogP) is 3.33. The van der Waals surface area contributed by atoms with Crippen molar-refractivity contribution < 1.29 is 0 Å². The molecule has 0 amide bonds. The van der Waals surface area contributed by atoms with E-state index in [-0.39, 0.29) is 5.41 Å². The van der Waals surface area contributed by atoms with E-state index in [1.54, 1.807) is 0 Å². The van der Waals surface area contributed by atoms with E-state index in [1.165, 1.54) is 5.56 Å². The molecule has 3 N–H and O–H groups in total. The first-order valence-electron chi connectivity index (χ1n) is 6.13. The maximum absolute atomic E-state index is 5.89. The number of nitrogens with one attached hydrogen (secondary N) is 1. The molecule has 0 saturated heterocycles. The molecule has 96 valence electrons. The smallest absolute Gasteiger partial charge is 0.140 e. The first kappa shape index (κ1) is 14.5. The maximum Gasteiger partial charge on any atom is 0.140 e. The van der Waals surface area contributed by atoms with Crippen molar-refractivity contribution in [2.24, 2.45) is 11.1 Å². The Labute approximate surface area is 112 Å². The van der Waals surface area contributed by atoms with Gasteiger partial charge in [-0.2, -0.15) is 0 Å². The van der Waals surface area contributed by atoms with Crippen molar-refractivity contribution in [3.63, 3.8) is 0 Å². The minimum atomic E-state index is 0.171. The van der Waals surface area contributed by atoms with Crippen molar-refractivity contribution in [3.05, 3.63) is 22.3 Å². The van der Waals surface area contributed by atoms with Gasteiger partial charge in [-0.05, 0) is 59.3 Å². The topological polar surface area (TPSA) is 50.9 Å². The fourth-order valence-electron chi connectivity index (χ4n) is 1.80. The third-order valence-electron chi connectivity index (χ3n) is 3.65. The van der Waals surface area contributed by atoms with Crippen LogP contribution >= 0.6 is 15.9 Å². The molecule has 0 atom stereocenters. The molecule has 0 radical (unpaired) electrons. The zero-order valence-corrected chi connectivity index (χ0v) is 12.5. The molecule has 0 unspecified atom stereocenters. The summed E-state index contributed by atoms with van der Waals surface area (Å²) >= 11 is 3.56. The first-order valence-corrected chi connectivity index (χ1v) is 6.93. The first-order chi connectivity index (χ1) is 8.08. The van der Waals surface area contributed by atoms with Crippen LogP contribution in [0.5, 0.6) is 0 Å². The number of anilines is 1. The van der Waals surface area contributed by atoms with Crippen molar-refractivity contribution in [1.29, 1.82) is 0 Å². The Morgan fingerprint density at radius 1 is 1.41 bits per heavy atom. The van der Waals surface area contributed by atoms with E-state index in [4.69, 9.17) is 5.73 Å². The van der Waals surface area contributed by atoms with Crippen LogP contribution in [-0.2, 0) is 0 Å². The van der Waals surface area contributed by atoms with E-state index in [1.807, 2.05) is 12.3 Å². The summed E-state index contributed by atoms with van der Waals surface area (Å²) in [6.45, 7) is 8.02. The molecular formula is C13H22BrN3. The molecule has 1 rings (SSSR count). The zero-order chi connectivity index (χ0) is 12.9. The summed E-state index contributed by atoms with van der Waals surface area (Å²) in [5.74, 6) is 0.907. The summed E-state index contributed by atoms with van der Waals surface area (Å²) in [5.41, 5.74) is 7.25. The van der Waals surface area contributed by atoms with Crippen LogP contribution in [0.25, 0.3) is 0 Å². The third kappa shape index (κ3) is 3.42. The second kappa shape index (κ2) is 6.36. The van der Waals surface area contributed by atoms with Crippen LogP contribution in [0.3, 0.4) is 0 Å². The van der Waals surface area contributed by atoms with Gasteiger partial charge < -0.3 is 11.1 Å². The Morgan fingerprint density at radius 3 is 2.59 bits per heavy atom. The highest BCUT2D eigenvalue weighted by atomic mass is 79.9. The second-order valence-electron chi connectivity index (χ2n) is 4.56. The summed E-state index contributed by atoms with van der Waals surface area (Å²) in [6.07, 6.45) is 3.98. The van der Waals surface area contributed by atoms with Gasteiger partial charge in [0, 0.05) is 12.7 Å². The lowest BCUT2D eigenvalue weighted by atomic mass is 9.82. The number of halogens is 1. The Kier molecular flexibility index (Phi) is 5.40. The largest absolute Gasteiger partial charge is 0.369 e. The average molecular weight is 300 g/mol. The van der Waals surface area contributed by atoms with Gasteiger partial charge in [0.05, 0.1) is 4.47 Å². The lowest BCUT2D eigenvalue weighted by Crippen LogP contribution is -2.36. The number of pyridine rings is 1. The monoisotopic (exact) mass is 299 g/mol. The number of rotatable bonds is 6. The van der Waals surface area contributed by atoms with Crippen molar-refractivity contribution in [2.75, 3.05) is 18.4 Å². The van der Waals surface area contributed by atoms with Gasteiger partial charge in [-0.15, -0.1) is 0 Å². The normalized spacial score (nSPS) is 11.6. The quantitative estimate of drug-likeness (QED) is 0.847. The number of aryl methyl sites for hydroxylation is 1. The molecule has 0 aliphatic carbocycles. The summed E-state index contributed by atoms with van der Waals surface area (Å²) in [7, 11) is 0. The molecule has 4 heteroatoms. The molecule has 0 aliphatic heterocycles. The van der Waals surface area contributed by atoms with Crippen LogP contribution in [-0.4, -0.2) is 18.1 Å². The van der Waals surface area contributed by atoms with E-state index in [0.29, 0.717) is 6.54 Å². The molecule has 17 heavy (non-hydrogen) atoms. The lowest BCUT2D eigenvalue weighted by Gasteiger charge is -2.30. The zero-order valence-electron chi connectivity index (χ0n) is 10.9. The second-order valence-corrected chi connectivity index (χ2v) is 5.35. The summed E-state index contributed by atoms with van der Waals surface area (Å²) in [6, 6.07) is 1.99. The highest BCUT2D eigenvalue weighted by Gasteiger charge is 2.24.